The summed E-state index contributed by atoms with van der Waals surface area (Å²) < 4.78 is 7.08. The summed E-state index contributed by atoms with van der Waals surface area (Å²) in [5.41, 5.74) is 13.8. The molecule has 1 unspecified atom stereocenters. The molecule has 1 aliphatic heterocycles. The fraction of sp³-hybridized carbons (Fsp3) is 0.0566. The number of hydrogen-bond acceptors (Lipinski definition) is 3. The molecular weight excluding hydrogens is 681 g/mol. The van der Waals surface area contributed by atoms with E-state index in [1.165, 1.54) is 49.9 Å². The van der Waals surface area contributed by atoms with Gasteiger partial charge in [0.2, 0.25) is 0 Å². The largest absolute Gasteiger partial charge is 0.455 e. The summed E-state index contributed by atoms with van der Waals surface area (Å²) in [5.74, 6) is 2.55. The van der Waals surface area contributed by atoms with E-state index < -0.39 is 5.41 Å². The molecule has 56 heavy (non-hydrogen) atoms. The minimum Gasteiger partial charge on any atom is -0.455 e. The SMILES string of the molecule is c1ccc2ccc3c(c2c#1)Oc1c(ccc2ccccc12)C31C2=C(C=C(c3ccc(-c4nc(-c5ccccc5)nc5ccccc45)cc3)CC2)c2ccccc21. The number of benzene rings is 7. The Kier molecular flexibility index (Phi) is 6.59. The molecule has 0 amide bonds. The molecule has 3 aliphatic rings. The zero-order chi connectivity index (χ0) is 36.8. The van der Waals surface area contributed by atoms with Gasteiger partial charge in [0, 0.05) is 33.0 Å². The Bertz CT molecular complexity index is 3070. The van der Waals surface area contributed by atoms with Gasteiger partial charge in [0.05, 0.1) is 22.0 Å². The van der Waals surface area contributed by atoms with Crippen LogP contribution in [0, 0.1) is 12.1 Å². The van der Waals surface area contributed by atoms with Crippen molar-refractivity contribution in [1.29, 1.82) is 0 Å². The molecule has 0 radical (unpaired) electrons. The Morgan fingerprint density at radius 3 is 2.16 bits per heavy atom. The van der Waals surface area contributed by atoms with Gasteiger partial charge in [-0.25, -0.2) is 9.97 Å². The van der Waals surface area contributed by atoms with Crippen molar-refractivity contribution in [2.24, 2.45) is 0 Å². The van der Waals surface area contributed by atoms with Gasteiger partial charge in [-0.05, 0) is 75.2 Å². The topological polar surface area (TPSA) is 35.0 Å². The summed E-state index contributed by atoms with van der Waals surface area (Å²) in [4.78, 5) is 10.1. The highest BCUT2D eigenvalue weighted by atomic mass is 16.5. The quantitative estimate of drug-likeness (QED) is 0.183. The average molecular weight is 713 g/mol. The summed E-state index contributed by atoms with van der Waals surface area (Å²) in [6, 6.07) is 64.9. The van der Waals surface area contributed by atoms with E-state index >= 15 is 0 Å². The van der Waals surface area contributed by atoms with Crippen LogP contribution < -0.4 is 4.74 Å². The molecular formula is C53H32N2O. The summed E-state index contributed by atoms with van der Waals surface area (Å²) in [6.45, 7) is 0. The number of ether oxygens (including phenoxy) is 1. The van der Waals surface area contributed by atoms with Crippen LogP contribution in [0.2, 0.25) is 0 Å². The van der Waals surface area contributed by atoms with Crippen molar-refractivity contribution in [3.63, 3.8) is 0 Å². The molecule has 3 heteroatoms. The van der Waals surface area contributed by atoms with Crippen molar-refractivity contribution in [1.82, 2.24) is 9.97 Å². The van der Waals surface area contributed by atoms with Gasteiger partial charge in [0.25, 0.3) is 0 Å². The molecule has 260 valence electrons. The first kappa shape index (κ1) is 31.1. The molecule has 0 saturated carbocycles. The van der Waals surface area contributed by atoms with Crippen LogP contribution in [-0.4, -0.2) is 9.97 Å². The first-order chi connectivity index (χ1) is 27.8. The van der Waals surface area contributed by atoms with Gasteiger partial charge in [-0.2, -0.15) is 0 Å². The summed E-state index contributed by atoms with van der Waals surface area (Å²) in [7, 11) is 0. The van der Waals surface area contributed by atoms with E-state index in [1.54, 1.807) is 0 Å². The number of allylic oxidation sites excluding steroid dienone is 4. The lowest BCUT2D eigenvalue weighted by atomic mass is 9.63. The molecule has 9 aromatic rings. The van der Waals surface area contributed by atoms with Gasteiger partial charge in [-0.3, -0.25) is 0 Å². The molecule has 1 aromatic heterocycles. The van der Waals surface area contributed by atoms with E-state index in [1.807, 2.05) is 30.3 Å². The number of nitrogens with zero attached hydrogens (tertiary/aromatic N) is 2. The van der Waals surface area contributed by atoms with Crippen LogP contribution in [0.4, 0.5) is 0 Å². The molecule has 12 rings (SSSR count). The van der Waals surface area contributed by atoms with E-state index in [0.29, 0.717) is 0 Å². The van der Waals surface area contributed by atoms with Gasteiger partial charge in [-0.1, -0.05) is 164 Å². The minimum atomic E-state index is -0.507. The molecule has 0 fully saturated rings. The fourth-order valence-electron chi connectivity index (χ4n) is 9.67. The Labute approximate surface area is 324 Å². The Balaban J connectivity index is 1.03. The van der Waals surface area contributed by atoms with Crippen LogP contribution in [0.5, 0.6) is 11.5 Å². The van der Waals surface area contributed by atoms with Gasteiger partial charge >= 0.3 is 0 Å². The number of hydrogen-bond donors (Lipinski definition) is 0. The van der Waals surface area contributed by atoms with Crippen molar-refractivity contribution in [3.05, 3.63) is 215 Å². The van der Waals surface area contributed by atoms with E-state index in [-0.39, 0.29) is 0 Å². The number of fused-ring (bicyclic) bond motifs is 13. The predicted octanol–water partition coefficient (Wildman–Crippen LogP) is 13.0. The highest BCUT2D eigenvalue weighted by Crippen LogP contribution is 2.65. The van der Waals surface area contributed by atoms with Crippen molar-refractivity contribution >= 4 is 43.6 Å². The van der Waals surface area contributed by atoms with Gasteiger partial charge in [0.15, 0.2) is 5.82 Å². The fourth-order valence-corrected chi connectivity index (χ4v) is 9.67. The van der Waals surface area contributed by atoms with Crippen LogP contribution >= 0.6 is 0 Å². The molecule has 1 atom stereocenters. The predicted molar refractivity (Wildman–Crippen MR) is 227 cm³/mol. The lowest BCUT2D eigenvalue weighted by Crippen LogP contribution is -2.33. The standard InChI is InChI=1S/C53H32N2O/c1-2-14-37(15-3-1)52-54-48-21-11-9-19-42(48)49(55-52)36-24-22-33(23-25-36)38-28-29-45-43(32-38)41-18-8-10-20-44(41)53(45)46-30-26-34-12-4-6-16-39(34)50(46)56-51-40-17-7-5-13-35(40)27-31-47(51)53/h1-6,8-16,18-27,30-32H,28-29H2. The minimum absolute atomic E-state index is 0.507. The summed E-state index contributed by atoms with van der Waals surface area (Å²) in [5, 5.41) is 5.41. The first-order valence-corrected chi connectivity index (χ1v) is 19.3. The second kappa shape index (κ2) is 11.9. The Hall–Kier alpha value is -7.28. The average Bonchev–Trinajstić information content (AvgIpc) is 3.56. The third-order valence-corrected chi connectivity index (χ3v) is 12.2. The zero-order valence-corrected chi connectivity index (χ0v) is 30.4. The van der Waals surface area contributed by atoms with Crippen molar-refractivity contribution < 1.29 is 4.74 Å². The van der Waals surface area contributed by atoms with E-state index in [2.05, 4.69) is 152 Å². The molecule has 0 N–H and O–H groups in total. The molecule has 1 spiro atoms. The lowest BCUT2D eigenvalue weighted by molar-refractivity contribution is 0.442. The van der Waals surface area contributed by atoms with E-state index in [9.17, 15) is 0 Å². The lowest BCUT2D eigenvalue weighted by Gasteiger charge is -2.42. The Morgan fingerprint density at radius 2 is 1.27 bits per heavy atom. The maximum Gasteiger partial charge on any atom is 0.160 e. The van der Waals surface area contributed by atoms with Gasteiger partial charge in [-0.15, -0.1) is 0 Å². The molecule has 2 heterocycles. The van der Waals surface area contributed by atoms with E-state index in [0.717, 1.165) is 74.0 Å². The molecule has 3 nitrogen and oxygen atoms in total. The van der Waals surface area contributed by atoms with Crippen molar-refractivity contribution in [2.75, 3.05) is 0 Å². The monoisotopic (exact) mass is 712 g/mol. The van der Waals surface area contributed by atoms with Crippen molar-refractivity contribution in [3.8, 4) is 34.1 Å². The normalized spacial score (nSPS) is 14.8. The maximum atomic E-state index is 7.08. The second-order valence-electron chi connectivity index (χ2n) is 15.0. The first-order valence-electron chi connectivity index (χ1n) is 19.3. The number of rotatable bonds is 3. The third-order valence-electron chi connectivity index (χ3n) is 12.2. The highest BCUT2D eigenvalue weighted by Gasteiger charge is 2.53. The Morgan fingerprint density at radius 1 is 0.536 bits per heavy atom. The molecule has 2 aliphatic carbocycles. The molecule has 0 saturated heterocycles. The van der Waals surface area contributed by atoms with Crippen LogP contribution in [0.15, 0.2) is 175 Å². The highest BCUT2D eigenvalue weighted by molar-refractivity contribution is 6.02. The molecule has 0 bridgehead atoms. The summed E-state index contributed by atoms with van der Waals surface area (Å²) in [6.07, 6.45) is 4.31. The zero-order valence-electron chi connectivity index (χ0n) is 30.4. The third kappa shape index (κ3) is 4.36. The summed E-state index contributed by atoms with van der Waals surface area (Å²) >= 11 is 0. The van der Waals surface area contributed by atoms with Crippen LogP contribution in [0.25, 0.3) is 66.2 Å². The van der Waals surface area contributed by atoms with Gasteiger partial charge < -0.3 is 4.74 Å². The van der Waals surface area contributed by atoms with Crippen LogP contribution in [-0.2, 0) is 5.41 Å². The van der Waals surface area contributed by atoms with Crippen LogP contribution in [0.1, 0.15) is 40.7 Å². The molecule has 8 aromatic carbocycles. The number of aromatic nitrogens is 2. The number of para-hydroxylation sites is 1. The van der Waals surface area contributed by atoms with Crippen molar-refractivity contribution in [2.45, 2.75) is 18.3 Å². The second-order valence-corrected chi connectivity index (χ2v) is 15.0. The van der Waals surface area contributed by atoms with Gasteiger partial charge in [0.1, 0.15) is 11.5 Å². The van der Waals surface area contributed by atoms with E-state index in [4.69, 9.17) is 14.7 Å². The maximum absolute atomic E-state index is 7.08. The smallest absolute Gasteiger partial charge is 0.160 e. The van der Waals surface area contributed by atoms with Crippen LogP contribution in [0.3, 0.4) is 0 Å².